The van der Waals surface area contributed by atoms with Gasteiger partial charge in [-0.15, -0.1) is 0 Å². The lowest BCUT2D eigenvalue weighted by atomic mass is 10.2. The Balaban J connectivity index is 2.46. The van der Waals surface area contributed by atoms with E-state index in [9.17, 15) is 10.1 Å². The van der Waals surface area contributed by atoms with Gasteiger partial charge in [0.2, 0.25) is 0 Å². The zero-order valence-electron chi connectivity index (χ0n) is 9.72. The summed E-state index contributed by atoms with van der Waals surface area (Å²) in [6, 6.07) is 6.88. The normalized spacial score (nSPS) is 10.6. The van der Waals surface area contributed by atoms with Gasteiger partial charge in [0.25, 0.3) is 5.69 Å². The van der Waals surface area contributed by atoms with Gasteiger partial charge >= 0.3 is 0 Å². The molecule has 0 spiro atoms. The van der Waals surface area contributed by atoms with Crippen LogP contribution in [0.1, 0.15) is 13.3 Å². The van der Waals surface area contributed by atoms with E-state index in [2.05, 4.69) is 13.5 Å². The highest BCUT2D eigenvalue weighted by Gasteiger charge is 2.09. The molecule has 2 aromatic rings. The Hall–Kier alpha value is -2.10. The monoisotopic (exact) mass is 230 g/mol. The van der Waals surface area contributed by atoms with Gasteiger partial charge in [-0.3, -0.25) is 10.1 Å². The molecular weight excluding hydrogens is 216 g/mol. The number of allylic oxidation sites excluding steroid dienone is 1. The molecule has 2 rings (SSSR count). The zero-order chi connectivity index (χ0) is 12.4. The highest BCUT2D eigenvalue weighted by molar-refractivity contribution is 5.82. The Bertz CT molecular complexity index is 584. The van der Waals surface area contributed by atoms with Gasteiger partial charge in [-0.25, -0.2) is 0 Å². The van der Waals surface area contributed by atoms with Crippen molar-refractivity contribution in [2.75, 3.05) is 0 Å². The average molecular weight is 230 g/mol. The van der Waals surface area contributed by atoms with Crippen LogP contribution in [0.2, 0.25) is 0 Å². The number of aromatic nitrogens is 1. The lowest BCUT2D eigenvalue weighted by Crippen LogP contribution is -1.98. The summed E-state index contributed by atoms with van der Waals surface area (Å²) in [5.41, 5.74) is 2.11. The average Bonchev–Trinajstić information content (AvgIpc) is 2.71. The van der Waals surface area contributed by atoms with Crippen LogP contribution >= 0.6 is 0 Å². The molecule has 88 valence electrons. The van der Waals surface area contributed by atoms with Gasteiger partial charge in [-0.1, -0.05) is 19.1 Å². The van der Waals surface area contributed by atoms with Crippen molar-refractivity contribution in [2.45, 2.75) is 19.9 Å². The van der Waals surface area contributed by atoms with Crippen LogP contribution in [0.4, 0.5) is 5.69 Å². The van der Waals surface area contributed by atoms with Crippen LogP contribution in [-0.2, 0) is 6.54 Å². The predicted molar refractivity (Wildman–Crippen MR) is 68.0 cm³/mol. The molecule has 0 bridgehead atoms. The molecule has 17 heavy (non-hydrogen) atoms. The van der Waals surface area contributed by atoms with Crippen LogP contribution in [0.3, 0.4) is 0 Å². The van der Waals surface area contributed by atoms with E-state index >= 15 is 0 Å². The van der Waals surface area contributed by atoms with Crippen molar-refractivity contribution in [1.29, 1.82) is 0 Å². The van der Waals surface area contributed by atoms with Crippen LogP contribution in [0, 0.1) is 10.1 Å². The summed E-state index contributed by atoms with van der Waals surface area (Å²) < 4.78 is 1.99. The van der Waals surface area contributed by atoms with Gasteiger partial charge in [0.15, 0.2) is 0 Å². The zero-order valence-corrected chi connectivity index (χ0v) is 9.72. The second-order valence-corrected chi connectivity index (χ2v) is 4.05. The summed E-state index contributed by atoms with van der Waals surface area (Å²) in [5, 5.41) is 11.7. The molecule has 1 aromatic heterocycles. The van der Waals surface area contributed by atoms with Crippen LogP contribution < -0.4 is 0 Å². The SMILES string of the molecule is C=C(CC)Cn1ccc2ccc([N+](=O)[O-])cc21. The molecular formula is C13H14N2O2. The third-order valence-electron chi connectivity index (χ3n) is 2.86. The number of fused-ring (bicyclic) bond motifs is 1. The van der Waals surface area contributed by atoms with Crippen LogP contribution in [0.5, 0.6) is 0 Å². The maximum Gasteiger partial charge on any atom is 0.271 e. The van der Waals surface area contributed by atoms with Gasteiger partial charge in [-0.05, 0) is 18.6 Å². The Labute approximate surface area is 99.3 Å². The summed E-state index contributed by atoms with van der Waals surface area (Å²) in [6.45, 7) is 6.72. The lowest BCUT2D eigenvalue weighted by Gasteiger charge is -2.06. The van der Waals surface area contributed by atoms with E-state index in [0.717, 1.165) is 22.9 Å². The van der Waals surface area contributed by atoms with Gasteiger partial charge in [0.1, 0.15) is 0 Å². The number of nitrogens with zero attached hydrogens (tertiary/aromatic N) is 2. The predicted octanol–water partition coefficient (Wildman–Crippen LogP) is 3.52. The highest BCUT2D eigenvalue weighted by atomic mass is 16.6. The van der Waals surface area contributed by atoms with Crippen LogP contribution in [-0.4, -0.2) is 9.49 Å². The van der Waals surface area contributed by atoms with E-state index in [-0.39, 0.29) is 10.6 Å². The molecule has 0 amide bonds. The van der Waals surface area contributed by atoms with Crippen LogP contribution in [0.15, 0.2) is 42.6 Å². The van der Waals surface area contributed by atoms with Crippen molar-refractivity contribution in [3.05, 3.63) is 52.7 Å². The first-order valence-electron chi connectivity index (χ1n) is 5.51. The molecule has 0 aliphatic heterocycles. The van der Waals surface area contributed by atoms with Gasteiger partial charge < -0.3 is 4.57 Å². The molecule has 4 nitrogen and oxygen atoms in total. The minimum absolute atomic E-state index is 0.125. The number of nitro benzene ring substituents is 1. The Morgan fingerprint density at radius 3 is 2.88 bits per heavy atom. The maximum absolute atomic E-state index is 10.7. The Morgan fingerprint density at radius 1 is 1.47 bits per heavy atom. The summed E-state index contributed by atoms with van der Waals surface area (Å²) in [7, 11) is 0. The molecule has 1 aromatic carbocycles. The number of non-ortho nitro benzene ring substituents is 1. The first-order chi connectivity index (χ1) is 8.11. The van der Waals surface area contributed by atoms with Crippen molar-refractivity contribution >= 4 is 16.6 Å². The van der Waals surface area contributed by atoms with E-state index in [1.54, 1.807) is 12.1 Å². The summed E-state index contributed by atoms with van der Waals surface area (Å²) >= 11 is 0. The number of benzene rings is 1. The van der Waals surface area contributed by atoms with Crippen molar-refractivity contribution < 1.29 is 4.92 Å². The molecule has 4 heteroatoms. The van der Waals surface area contributed by atoms with E-state index < -0.39 is 0 Å². The standard InChI is InChI=1S/C13H14N2O2/c1-3-10(2)9-14-7-6-11-4-5-12(15(16)17)8-13(11)14/h4-8H,2-3,9H2,1H3. The number of nitro groups is 1. The van der Waals surface area contributed by atoms with Gasteiger partial charge in [0, 0.05) is 30.3 Å². The molecule has 1 heterocycles. The summed E-state index contributed by atoms with van der Waals surface area (Å²) in [5.74, 6) is 0. The fourth-order valence-electron chi connectivity index (χ4n) is 1.78. The van der Waals surface area contributed by atoms with Crippen molar-refractivity contribution in [3.8, 4) is 0 Å². The molecule has 0 unspecified atom stereocenters. The smallest absolute Gasteiger partial charge is 0.271 e. The third kappa shape index (κ3) is 2.20. The first-order valence-corrected chi connectivity index (χ1v) is 5.51. The number of rotatable bonds is 4. The van der Waals surface area contributed by atoms with Gasteiger partial charge in [0.05, 0.1) is 10.4 Å². The van der Waals surface area contributed by atoms with Crippen LogP contribution in [0.25, 0.3) is 10.9 Å². The first kappa shape index (κ1) is 11.4. The molecule has 0 N–H and O–H groups in total. The summed E-state index contributed by atoms with van der Waals surface area (Å²) in [4.78, 5) is 10.4. The fraction of sp³-hybridized carbons (Fsp3) is 0.231. The largest absolute Gasteiger partial charge is 0.343 e. The van der Waals surface area contributed by atoms with E-state index in [0.29, 0.717) is 6.54 Å². The second-order valence-electron chi connectivity index (χ2n) is 4.05. The van der Waals surface area contributed by atoms with Crippen molar-refractivity contribution in [1.82, 2.24) is 4.57 Å². The Morgan fingerprint density at radius 2 is 2.24 bits per heavy atom. The lowest BCUT2D eigenvalue weighted by molar-refractivity contribution is -0.384. The minimum Gasteiger partial charge on any atom is -0.343 e. The summed E-state index contributed by atoms with van der Waals surface area (Å²) in [6.07, 6.45) is 2.85. The van der Waals surface area contributed by atoms with Crippen molar-refractivity contribution in [2.24, 2.45) is 0 Å². The van der Waals surface area contributed by atoms with E-state index in [1.807, 2.05) is 16.8 Å². The number of hydrogen-bond donors (Lipinski definition) is 0. The molecule has 0 aliphatic rings. The van der Waals surface area contributed by atoms with E-state index in [4.69, 9.17) is 0 Å². The topological polar surface area (TPSA) is 48.1 Å². The molecule has 0 saturated carbocycles. The maximum atomic E-state index is 10.7. The third-order valence-corrected chi connectivity index (χ3v) is 2.86. The molecule has 0 atom stereocenters. The van der Waals surface area contributed by atoms with E-state index in [1.165, 1.54) is 6.07 Å². The second kappa shape index (κ2) is 4.41. The quantitative estimate of drug-likeness (QED) is 0.458. The molecule has 0 aliphatic carbocycles. The Kier molecular flexibility index (Phi) is 2.95. The van der Waals surface area contributed by atoms with Gasteiger partial charge in [-0.2, -0.15) is 0 Å². The minimum atomic E-state index is -0.370. The van der Waals surface area contributed by atoms with Crippen molar-refractivity contribution in [3.63, 3.8) is 0 Å². The fourth-order valence-corrected chi connectivity index (χ4v) is 1.78. The molecule has 0 radical (unpaired) electrons. The molecule has 0 saturated heterocycles. The number of hydrogen-bond acceptors (Lipinski definition) is 2. The molecule has 0 fully saturated rings. The highest BCUT2D eigenvalue weighted by Crippen LogP contribution is 2.22.